The highest BCUT2D eigenvalue weighted by Gasteiger charge is 2.11. The van der Waals surface area contributed by atoms with E-state index in [0.717, 1.165) is 19.4 Å². The van der Waals surface area contributed by atoms with E-state index in [9.17, 15) is 0 Å². The minimum Gasteiger partial charge on any atom is -0.334 e. The van der Waals surface area contributed by atoms with Gasteiger partial charge in [0.15, 0.2) is 0 Å². The van der Waals surface area contributed by atoms with Crippen LogP contribution in [0.5, 0.6) is 0 Å². The molecule has 0 saturated carbocycles. The standard InChI is InChI=1S/C29H48N2/c1-4-5-6-7-8-9-10-11-12-13-14-18-24-31-25-28(30-29(31)26(2)3)23-19-22-27-20-16-15-17-21-27/h15-17,20-21,25-26H,4-14,18-19,22-24H2,1-3H3. The van der Waals surface area contributed by atoms with Crippen molar-refractivity contribution in [3.05, 3.63) is 53.6 Å². The van der Waals surface area contributed by atoms with E-state index < -0.39 is 0 Å². The number of aryl methyl sites for hydroxylation is 3. The number of hydrogen-bond acceptors (Lipinski definition) is 1. The molecule has 0 amide bonds. The average Bonchev–Trinajstić information content (AvgIpc) is 3.18. The second-order valence-electron chi connectivity index (χ2n) is 9.67. The van der Waals surface area contributed by atoms with Crippen molar-refractivity contribution < 1.29 is 0 Å². The summed E-state index contributed by atoms with van der Waals surface area (Å²) in [7, 11) is 0. The molecular formula is C29H48N2. The first-order valence-electron chi connectivity index (χ1n) is 13.3. The Morgan fingerprint density at radius 2 is 1.29 bits per heavy atom. The van der Waals surface area contributed by atoms with Crippen molar-refractivity contribution in [2.45, 2.75) is 130 Å². The Balaban J connectivity index is 1.59. The Bertz CT molecular complexity index is 671. The third kappa shape index (κ3) is 11.0. The lowest BCUT2D eigenvalue weighted by molar-refractivity contribution is 0.519. The summed E-state index contributed by atoms with van der Waals surface area (Å²) in [6, 6.07) is 10.8. The molecule has 0 unspecified atom stereocenters. The van der Waals surface area contributed by atoms with Crippen LogP contribution < -0.4 is 0 Å². The van der Waals surface area contributed by atoms with Crippen molar-refractivity contribution in [3.8, 4) is 0 Å². The topological polar surface area (TPSA) is 17.8 Å². The summed E-state index contributed by atoms with van der Waals surface area (Å²) >= 11 is 0. The molecule has 174 valence electrons. The normalized spacial score (nSPS) is 11.5. The molecule has 0 radical (unpaired) electrons. The van der Waals surface area contributed by atoms with Crippen LogP contribution in [0.1, 0.15) is 127 Å². The molecule has 0 aliphatic rings. The van der Waals surface area contributed by atoms with Crippen LogP contribution in [0.3, 0.4) is 0 Å². The minimum absolute atomic E-state index is 0.500. The van der Waals surface area contributed by atoms with Gasteiger partial charge in [-0.05, 0) is 31.2 Å². The maximum absolute atomic E-state index is 4.98. The first-order chi connectivity index (χ1) is 15.2. The second-order valence-corrected chi connectivity index (χ2v) is 9.67. The van der Waals surface area contributed by atoms with E-state index in [0.29, 0.717) is 5.92 Å². The molecule has 2 nitrogen and oxygen atoms in total. The zero-order valence-corrected chi connectivity index (χ0v) is 20.7. The van der Waals surface area contributed by atoms with E-state index in [-0.39, 0.29) is 0 Å². The fourth-order valence-electron chi connectivity index (χ4n) is 4.49. The molecule has 0 fully saturated rings. The number of benzene rings is 1. The zero-order valence-electron chi connectivity index (χ0n) is 20.7. The van der Waals surface area contributed by atoms with E-state index >= 15 is 0 Å². The van der Waals surface area contributed by atoms with Crippen LogP contribution in [0.25, 0.3) is 0 Å². The Morgan fingerprint density at radius 1 is 0.710 bits per heavy atom. The Kier molecular flexibility index (Phi) is 13.4. The maximum atomic E-state index is 4.98. The Labute approximate surface area is 192 Å². The first kappa shape index (κ1) is 25.7. The molecule has 31 heavy (non-hydrogen) atoms. The minimum atomic E-state index is 0.500. The highest BCUT2D eigenvalue weighted by Crippen LogP contribution is 2.18. The predicted molar refractivity (Wildman–Crippen MR) is 136 cm³/mol. The van der Waals surface area contributed by atoms with E-state index in [1.807, 2.05) is 0 Å². The Morgan fingerprint density at radius 3 is 1.87 bits per heavy atom. The highest BCUT2D eigenvalue weighted by atomic mass is 15.1. The van der Waals surface area contributed by atoms with Gasteiger partial charge in [-0.15, -0.1) is 0 Å². The molecule has 0 aliphatic carbocycles. The van der Waals surface area contributed by atoms with Crippen LogP contribution >= 0.6 is 0 Å². The van der Waals surface area contributed by atoms with Crippen molar-refractivity contribution in [2.75, 3.05) is 0 Å². The lowest BCUT2D eigenvalue weighted by Crippen LogP contribution is -2.04. The third-order valence-electron chi connectivity index (χ3n) is 6.37. The van der Waals surface area contributed by atoms with E-state index in [4.69, 9.17) is 4.98 Å². The summed E-state index contributed by atoms with van der Waals surface area (Å²) in [5.74, 6) is 1.78. The number of unbranched alkanes of at least 4 members (excludes halogenated alkanes) is 11. The SMILES string of the molecule is CCCCCCCCCCCCCCn1cc(CCCc2ccccc2)nc1C(C)C. The summed E-state index contributed by atoms with van der Waals surface area (Å²) in [4.78, 5) is 4.98. The van der Waals surface area contributed by atoms with Gasteiger partial charge in [-0.25, -0.2) is 4.98 Å². The molecule has 2 aromatic rings. The summed E-state index contributed by atoms with van der Waals surface area (Å²) in [6.45, 7) is 7.98. The molecule has 0 bridgehead atoms. The van der Waals surface area contributed by atoms with Crippen molar-refractivity contribution in [3.63, 3.8) is 0 Å². The summed E-state index contributed by atoms with van der Waals surface area (Å²) in [5.41, 5.74) is 2.71. The van der Waals surface area contributed by atoms with Crippen LogP contribution in [0.2, 0.25) is 0 Å². The number of nitrogens with zero attached hydrogens (tertiary/aromatic N) is 2. The zero-order chi connectivity index (χ0) is 22.2. The molecule has 1 heterocycles. The number of rotatable bonds is 18. The van der Waals surface area contributed by atoms with Gasteiger partial charge in [-0.2, -0.15) is 0 Å². The van der Waals surface area contributed by atoms with Crippen LogP contribution in [0.4, 0.5) is 0 Å². The van der Waals surface area contributed by atoms with Gasteiger partial charge in [0.2, 0.25) is 0 Å². The fraction of sp³-hybridized carbons (Fsp3) is 0.690. The van der Waals surface area contributed by atoms with Crippen LogP contribution in [0, 0.1) is 0 Å². The van der Waals surface area contributed by atoms with Crippen LogP contribution in [-0.2, 0) is 19.4 Å². The lowest BCUT2D eigenvalue weighted by Gasteiger charge is -2.10. The van der Waals surface area contributed by atoms with Crippen molar-refractivity contribution in [2.24, 2.45) is 0 Å². The van der Waals surface area contributed by atoms with Gasteiger partial charge in [0.1, 0.15) is 5.82 Å². The molecule has 0 atom stereocenters. The first-order valence-corrected chi connectivity index (χ1v) is 13.3. The smallest absolute Gasteiger partial charge is 0.111 e. The predicted octanol–water partition coefficient (Wildman–Crippen LogP) is 8.88. The quantitative estimate of drug-likeness (QED) is 0.218. The molecule has 1 aromatic heterocycles. The average molecular weight is 425 g/mol. The maximum Gasteiger partial charge on any atom is 0.111 e. The highest BCUT2D eigenvalue weighted by molar-refractivity contribution is 5.15. The van der Waals surface area contributed by atoms with Gasteiger partial charge in [0.05, 0.1) is 5.69 Å². The largest absolute Gasteiger partial charge is 0.334 e. The fourth-order valence-corrected chi connectivity index (χ4v) is 4.49. The molecule has 0 N–H and O–H groups in total. The number of aromatic nitrogens is 2. The summed E-state index contributed by atoms with van der Waals surface area (Å²) < 4.78 is 2.44. The van der Waals surface area contributed by atoms with E-state index in [1.165, 1.54) is 101 Å². The molecule has 2 rings (SSSR count). The van der Waals surface area contributed by atoms with Gasteiger partial charge in [-0.1, -0.05) is 122 Å². The Hall–Kier alpha value is -1.57. The number of imidazole rings is 1. The van der Waals surface area contributed by atoms with E-state index in [1.54, 1.807) is 0 Å². The van der Waals surface area contributed by atoms with Crippen molar-refractivity contribution >= 4 is 0 Å². The van der Waals surface area contributed by atoms with Crippen LogP contribution in [-0.4, -0.2) is 9.55 Å². The second kappa shape index (κ2) is 16.1. The van der Waals surface area contributed by atoms with Gasteiger partial charge in [0, 0.05) is 18.7 Å². The monoisotopic (exact) mass is 424 g/mol. The van der Waals surface area contributed by atoms with Gasteiger partial charge in [0.25, 0.3) is 0 Å². The van der Waals surface area contributed by atoms with E-state index in [2.05, 4.69) is 61.9 Å². The van der Waals surface area contributed by atoms with Gasteiger partial charge < -0.3 is 4.57 Å². The molecule has 0 saturated heterocycles. The number of hydrogen-bond donors (Lipinski definition) is 0. The van der Waals surface area contributed by atoms with Crippen molar-refractivity contribution in [1.82, 2.24) is 9.55 Å². The molecular weight excluding hydrogens is 376 g/mol. The third-order valence-corrected chi connectivity index (χ3v) is 6.37. The summed E-state index contributed by atoms with van der Waals surface area (Å²) in [6.07, 6.45) is 22.6. The lowest BCUT2D eigenvalue weighted by atomic mass is 10.1. The van der Waals surface area contributed by atoms with Crippen molar-refractivity contribution in [1.29, 1.82) is 0 Å². The molecule has 2 heteroatoms. The molecule has 0 spiro atoms. The molecule has 1 aromatic carbocycles. The molecule has 0 aliphatic heterocycles. The van der Waals surface area contributed by atoms with Gasteiger partial charge >= 0.3 is 0 Å². The van der Waals surface area contributed by atoms with Gasteiger partial charge in [-0.3, -0.25) is 0 Å². The summed E-state index contributed by atoms with van der Waals surface area (Å²) in [5, 5.41) is 0. The van der Waals surface area contributed by atoms with Crippen LogP contribution in [0.15, 0.2) is 36.5 Å².